The number of furan rings is 2. The second-order valence-corrected chi connectivity index (χ2v) is 9.29. The number of carbonyl (C=O) groups is 3. The van der Waals surface area contributed by atoms with Gasteiger partial charge in [-0.25, -0.2) is 0 Å². The molecule has 156 valence electrons. The predicted molar refractivity (Wildman–Crippen MR) is 110 cm³/mol. The Hall–Kier alpha value is -2.37. The molecule has 2 unspecified atom stereocenters. The smallest absolute Gasteiger partial charge is 0.265 e. The Bertz CT molecular complexity index is 872. The van der Waals surface area contributed by atoms with Crippen molar-refractivity contribution < 1.29 is 18.8 Å². The third-order valence-corrected chi connectivity index (χ3v) is 6.74. The molecule has 6 nitrogen and oxygen atoms in total. The summed E-state index contributed by atoms with van der Waals surface area (Å²) in [5.74, 6) is -0.379. The van der Waals surface area contributed by atoms with Gasteiger partial charge in [0, 0.05) is 6.54 Å². The normalized spacial score (nSPS) is 26.1. The summed E-state index contributed by atoms with van der Waals surface area (Å²) in [6.07, 6.45) is 9.65. The molecule has 6 heteroatoms. The molecule has 2 atom stereocenters. The molecule has 4 rings (SSSR count). The summed E-state index contributed by atoms with van der Waals surface area (Å²) < 4.78 is 5.40. The van der Waals surface area contributed by atoms with Crippen molar-refractivity contribution in [3.63, 3.8) is 0 Å². The summed E-state index contributed by atoms with van der Waals surface area (Å²) in [4.78, 5) is 38.8. The van der Waals surface area contributed by atoms with Gasteiger partial charge in [0.2, 0.25) is 5.91 Å². The highest BCUT2D eigenvalue weighted by Gasteiger charge is 2.42. The molecule has 0 aromatic carbocycles. The first kappa shape index (κ1) is 19.9. The van der Waals surface area contributed by atoms with E-state index in [0.29, 0.717) is 28.8 Å². The molecular formula is C23H30N2O4. The summed E-state index contributed by atoms with van der Waals surface area (Å²) >= 11 is 0. The summed E-state index contributed by atoms with van der Waals surface area (Å²) in [7, 11) is 0. The molecule has 0 radical (unpaired) electrons. The van der Waals surface area contributed by atoms with Crippen LogP contribution in [0.3, 0.4) is 0 Å². The minimum Gasteiger partial charge on any atom is -0.456 e. The van der Waals surface area contributed by atoms with E-state index in [1.54, 1.807) is 12.1 Å². The van der Waals surface area contributed by atoms with Crippen LogP contribution in [0.1, 0.15) is 85.9 Å². The molecule has 1 aliphatic heterocycles. The number of rotatable bonds is 4. The van der Waals surface area contributed by atoms with E-state index in [1.165, 1.54) is 38.5 Å². The van der Waals surface area contributed by atoms with Gasteiger partial charge in [0.1, 0.15) is 17.7 Å². The number of hydrogen-bond acceptors (Lipinski definition) is 4. The van der Waals surface area contributed by atoms with Gasteiger partial charge in [-0.3, -0.25) is 19.3 Å². The molecule has 3 heterocycles. The van der Waals surface area contributed by atoms with Gasteiger partial charge >= 0.3 is 0 Å². The van der Waals surface area contributed by atoms with Crippen molar-refractivity contribution in [2.24, 2.45) is 11.3 Å². The third-order valence-electron chi connectivity index (χ3n) is 6.74. The second-order valence-electron chi connectivity index (χ2n) is 9.29. The number of fused-ring (bicyclic) bond motifs is 5. The number of amides is 3. The van der Waals surface area contributed by atoms with Crippen molar-refractivity contribution in [3.05, 3.63) is 23.3 Å². The minimum absolute atomic E-state index is 0.0638. The first-order valence-corrected chi connectivity index (χ1v) is 10.9. The van der Waals surface area contributed by atoms with Crippen LogP contribution in [-0.2, 0) is 4.79 Å². The molecule has 2 aliphatic rings. The van der Waals surface area contributed by atoms with Crippen LogP contribution in [0.25, 0.3) is 11.2 Å². The van der Waals surface area contributed by atoms with E-state index < -0.39 is 11.8 Å². The lowest BCUT2D eigenvalue weighted by atomic mass is 9.77. The number of imide groups is 1. The first-order chi connectivity index (χ1) is 13.9. The zero-order valence-corrected chi connectivity index (χ0v) is 17.4. The number of nitrogens with zero attached hydrogens (tertiary/aromatic N) is 1. The quantitative estimate of drug-likeness (QED) is 0.776. The zero-order valence-electron chi connectivity index (χ0n) is 17.4. The fourth-order valence-corrected chi connectivity index (χ4v) is 4.84. The largest absolute Gasteiger partial charge is 0.456 e. The van der Waals surface area contributed by atoms with Crippen LogP contribution < -0.4 is 5.32 Å². The summed E-state index contributed by atoms with van der Waals surface area (Å²) in [6, 6.07) is 3.37. The van der Waals surface area contributed by atoms with E-state index in [2.05, 4.69) is 19.2 Å². The van der Waals surface area contributed by atoms with Crippen molar-refractivity contribution in [3.8, 4) is 0 Å². The van der Waals surface area contributed by atoms with Gasteiger partial charge in [-0.05, 0) is 36.3 Å². The van der Waals surface area contributed by atoms with E-state index in [1.807, 2.05) is 0 Å². The van der Waals surface area contributed by atoms with Gasteiger partial charge < -0.3 is 9.73 Å². The number of hydrogen-bond donors (Lipinski definition) is 1. The molecule has 29 heavy (non-hydrogen) atoms. The molecule has 1 N–H and O–H groups in total. The molecule has 2 bridgehead atoms. The van der Waals surface area contributed by atoms with E-state index >= 15 is 0 Å². The standard InChI is InChI=1S/C23H30N2O4/c1-15-7-4-3-5-11-23(2,12-6-8-15)14-24-18(26)13-25-21(27)19-16-9-10-17(29-16)20(19)22(25)28/h9-10,15H,3-8,11-14H2,1-2H3,(H,24,26). The lowest BCUT2D eigenvalue weighted by Gasteiger charge is -2.32. The average molecular weight is 399 g/mol. The molecule has 0 saturated heterocycles. The highest BCUT2D eigenvalue weighted by Crippen LogP contribution is 2.36. The average Bonchev–Trinajstić information content (AvgIpc) is 3.36. The maximum absolute atomic E-state index is 12.6. The fourth-order valence-electron chi connectivity index (χ4n) is 4.84. The Morgan fingerprint density at radius 3 is 2.38 bits per heavy atom. The Kier molecular flexibility index (Phi) is 5.36. The molecule has 2 aromatic rings. The molecule has 1 aliphatic carbocycles. The summed E-state index contributed by atoms with van der Waals surface area (Å²) in [5, 5.41) is 3.00. The second kappa shape index (κ2) is 7.81. The predicted octanol–water partition coefficient (Wildman–Crippen LogP) is 4.36. The van der Waals surface area contributed by atoms with E-state index in [4.69, 9.17) is 4.42 Å². The Morgan fingerprint density at radius 2 is 1.69 bits per heavy atom. The monoisotopic (exact) mass is 398 g/mol. The Morgan fingerprint density at radius 1 is 1.07 bits per heavy atom. The number of carbonyl (C=O) groups excluding carboxylic acids is 3. The number of benzene rings is 1. The fraction of sp³-hybridized carbons (Fsp3) is 0.609. The lowest BCUT2D eigenvalue weighted by molar-refractivity contribution is -0.122. The lowest BCUT2D eigenvalue weighted by Crippen LogP contribution is -2.43. The summed E-state index contributed by atoms with van der Waals surface area (Å²) in [5.41, 5.74) is 1.50. The van der Waals surface area contributed by atoms with Crippen molar-refractivity contribution in [1.29, 1.82) is 0 Å². The number of nitrogens with one attached hydrogen (secondary N) is 1. The van der Waals surface area contributed by atoms with Crippen LogP contribution in [-0.4, -0.2) is 35.7 Å². The van der Waals surface area contributed by atoms with Crippen molar-refractivity contribution >= 4 is 28.9 Å². The molecule has 2 aromatic heterocycles. The molecule has 1 fully saturated rings. The molecular weight excluding hydrogens is 368 g/mol. The van der Waals surface area contributed by atoms with Gasteiger partial charge in [-0.15, -0.1) is 0 Å². The maximum Gasteiger partial charge on any atom is 0.265 e. The Labute approximate surface area is 171 Å². The van der Waals surface area contributed by atoms with Crippen LogP contribution in [0.5, 0.6) is 0 Å². The van der Waals surface area contributed by atoms with Crippen molar-refractivity contribution in [2.75, 3.05) is 13.1 Å². The van der Waals surface area contributed by atoms with Crippen molar-refractivity contribution in [1.82, 2.24) is 10.2 Å². The molecule has 3 amide bonds. The van der Waals surface area contributed by atoms with Crippen LogP contribution in [0.2, 0.25) is 0 Å². The van der Waals surface area contributed by atoms with Crippen LogP contribution in [0.4, 0.5) is 0 Å². The molecule has 1 saturated carbocycles. The van der Waals surface area contributed by atoms with Gasteiger partial charge in [-0.1, -0.05) is 52.4 Å². The third kappa shape index (κ3) is 3.89. The van der Waals surface area contributed by atoms with Gasteiger partial charge in [0.05, 0.1) is 11.1 Å². The summed E-state index contributed by atoms with van der Waals surface area (Å²) in [6.45, 7) is 4.93. The first-order valence-electron chi connectivity index (χ1n) is 10.9. The molecule has 0 spiro atoms. The maximum atomic E-state index is 12.6. The highest BCUT2D eigenvalue weighted by atomic mass is 16.3. The van der Waals surface area contributed by atoms with Gasteiger partial charge in [0.15, 0.2) is 0 Å². The van der Waals surface area contributed by atoms with Crippen LogP contribution in [0, 0.1) is 11.3 Å². The van der Waals surface area contributed by atoms with E-state index in [9.17, 15) is 14.4 Å². The van der Waals surface area contributed by atoms with Gasteiger partial charge in [-0.2, -0.15) is 0 Å². The van der Waals surface area contributed by atoms with Crippen molar-refractivity contribution in [2.45, 2.75) is 65.2 Å². The van der Waals surface area contributed by atoms with Gasteiger partial charge in [0.25, 0.3) is 11.8 Å². The van der Waals surface area contributed by atoms with Crippen LogP contribution in [0.15, 0.2) is 16.5 Å². The zero-order chi connectivity index (χ0) is 20.6. The Balaban J connectivity index is 1.34. The van der Waals surface area contributed by atoms with E-state index in [0.717, 1.165) is 23.7 Å². The van der Waals surface area contributed by atoms with E-state index in [-0.39, 0.29) is 17.9 Å². The minimum atomic E-state index is -0.437. The van der Waals surface area contributed by atoms with Crippen LogP contribution >= 0.6 is 0 Å². The topological polar surface area (TPSA) is 79.6 Å². The SMILES string of the molecule is CC1CCCCCC(C)(CNC(=O)CN2C(=O)c3c(c4ccc3o4)C2=O)CCC1. The highest BCUT2D eigenvalue weighted by molar-refractivity contribution is 6.28.